The quantitative estimate of drug-likeness (QED) is 0.903. The lowest BCUT2D eigenvalue weighted by atomic mass is 10.00. The molecule has 2 aromatic heterocycles. The Hall–Kier alpha value is -1.23. The Kier molecular flexibility index (Phi) is 5.24. The van der Waals surface area contributed by atoms with Crippen LogP contribution in [0.25, 0.3) is 0 Å². The third-order valence-corrected chi connectivity index (χ3v) is 5.78. The molecule has 0 aliphatic carbocycles. The van der Waals surface area contributed by atoms with Gasteiger partial charge >= 0.3 is 0 Å². The summed E-state index contributed by atoms with van der Waals surface area (Å²) < 4.78 is 0. The number of rotatable bonds is 5. The lowest BCUT2D eigenvalue weighted by molar-refractivity contribution is 0.149. The average Bonchev–Trinajstić information content (AvgIpc) is 3.10. The molecule has 0 radical (unpaired) electrons. The number of nitrogens with zero attached hydrogens (tertiary/aromatic N) is 2. The van der Waals surface area contributed by atoms with Gasteiger partial charge in [0.15, 0.2) is 0 Å². The Balaban J connectivity index is 1.50. The molecule has 0 aromatic carbocycles. The fourth-order valence-electron chi connectivity index (χ4n) is 3.28. The van der Waals surface area contributed by atoms with Crippen molar-refractivity contribution in [1.29, 1.82) is 0 Å². The highest BCUT2D eigenvalue weighted by molar-refractivity contribution is 7.10. The second kappa shape index (κ2) is 7.36. The molecule has 3 heterocycles. The number of thiophene rings is 1. The van der Waals surface area contributed by atoms with E-state index < -0.39 is 0 Å². The predicted molar refractivity (Wildman–Crippen MR) is 93.1 cm³/mol. The molecule has 3 rings (SSSR count). The van der Waals surface area contributed by atoms with E-state index in [1.807, 2.05) is 23.7 Å². The SMILES string of the molecule is C[C@H](NC1CCN([C@@H](C)c2ccncc2)CC1)c1cccs1. The maximum atomic E-state index is 4.11. The van der Waals surface area contributed by atoms with Crippen LogP contribution in [0.4, 0.5) is 0 Å². The third kappa shape index (κ3) is 3.75. The average molecular weight is 315 g/mol. The summed E-state index contributed by atoms with van der Waals surface area (Å²) in [6, 6.07) is 10.2. The van der Waals surface area contributed by atoms with E-state index in [0.717, 1.165) is 13.1 Å². The zero-order valence-electron chi connectivity index (χ0n) is 13.4. The van der Waals surface area contributed by atoms with E-state index >= 15 is 0 Å². The summed E-state index contributed by atoms with van der Waals surface area (Å²) in [7, 11) is 0. The summed E-state index contributed by atoms with van der Waals surface area (Å²) in [6.45, 7) is 6.91. The number of aromatic nitrogens is 1. The van der Waals surface area contributed by atoms with Crippen molar-refractivity contribution >= 4 is 11.3 Å². The minimum atomic E-state index is 0.467. The van der Waals surface area contributed by atoms with E-state index in [1.54, 1.807) is 0 Å². The van der Waals surface area contributed by atoms with Gasteiger partial charge < -0.3 is 5.32 Å². The van der Waals surface area contributed by atoms with Crippen LogP contribution in [0.15, 0.2) is 42.0 Å². The molecule has 3 nitrogen and oxygen atoms in total. The monoisotopic (exact) mass is 315 g/mol. The van der Waals surface area contributed by atoms with Crippen molar-refractivity contribution in [1.82, 2.24) is 15.2 Å². The summed E-state index contributed by atoms with van der Waals surface area (Å²) >= 11 is 1.84. The van der Waals surface area contributed by atoms with Gasteiger partial charge in [0.2, 0.25) is 0 Å². The van der Waals surface area contributed by atoms with Crippen molar-refractivity contribution in [2.75, 3.05) is 13.1 Å². The van der Waals surface area contributed by atoms with Crippen molar-refractivity contribution in [3.63, 3.8) is 0 Å². The molecule has 1 N–H and O–H groups in total. The summed E-state index contributed by atoms with van der Waals surface area (Å²) in [4.78, 5) is 8.14. The van der Waals surface area contributed by atoms with Gasteiger partial charge in [0, 0.05) is 48.5 Å². The first kappa shape index (κ1) is 15.7. The standard InChI is InChI=1S/C18H25N3S/c1-14(18-4-3-13-22-18)20-17-7-11-21(12-8-17)15(2)16-5-9-19-10-6-16/h3-6,9-10,13-15,17,20H,7-8,11-12H2,1-2H3/t14-,15-/m0/s1. The second-order valence-corrected chi connectivity index (χ2v) is 7.15. The maximum absolute atomic E-state index is 4.11. The van der Waals surface area contributed by atoms with Crippen molar-refractivity contribution < 1.29 is 0 Å². The Morgan fingerprint density at radius 3 is 2.55 bits per heavy atom. The molecule has 2 atom stereocenters. The first-order valence-electron chi connectivity index (χ1n) is 8.17. The molecule has 1 fully saturated rings. The number of hydrogen-bond acceptors (Lipinski definition) is 4. The van der Waals surface area contributed by atoms with Crippen LogP contribution in [0.2, 0.25) is 0 Å². The first-order valence-corrected chi connectivity index (χ1v) is 9.05. The molecule has 2 aromatic rings. The zero-order valence-corrected chi connectivity index (χ0v) is 14.2. The largest absolute Gasteiger partial charge is 0.307 e. The fourth-order valence-corrected chi connectivity index (χ4v) is 4.02. The third-order valence-electron chi connectivity index (χ3n) is 4.72. The van der Waals surface area contributed by atoms with E-state index in [0.29, 0.717) is 18.1 Å². The van der Waals surface area contributed by atoms with Gasteiger partial charge in [0.25, 0.3) is 0 Å². The molecule has 0 unspecified atom stereocenters. The molecule has 4 heteroatoms. The van der Waals surface area contributed by atoms with Crippen LogP contribution >= 0.6 is 11.3 Å². The molecule has 1 saturated heterocycles. The van der Waals surface area contributed by atoms with E-state index in [1.165, 1.54) is 23.3 Å². The van der Waals surface area contributed by atoms with Crippen LogP contribution < -0.4 is 5.32 Å². The Bertz CT molecular complexity index is 547. The van der Waals surface area contributed by atoms with Gasteiger partial charge in [-0.05, 0) is 55.8 Å². The number of hydrogen-bond donors (Lipinski definition) is 1. The van der Waals surface area contributed by atoms with Crippen LogP contribution in [0.1, 0.15) is 49.2 Å². The Labute approximate surface area is 137 Å². The van der Waals surface area contributed by atoms with Crippen molar-refractivity contribution in [3.05, 3.63) is 52.5 Å². The Morgan fingerprint density at radius 2 is 1.91 bits per heavy atom. The summed E-state index contributed by atoms with van der Waals surface area (Å²) in [5.74, 6) is 0. The molecule has 0 amide bonds. The van der Waals surface area contributed by atoms with Gasteiger partial charge in [-0.15, -0.1) is 11.3 Å². The van der Waals surface area contributed by atoms with Crippen molar-refractivity contribution in [2.24, 2.45) is 0 Å². The highest BCUT2D eigenvalue weighted by Gasteiger charge is 2.24. The van der Waals surface area contributed by atoms with E-state index in [4.69, 9.17) is 0 Å². The van der Waals surface area contributed by atoms with Gasteiger partial charge in [0.05, 0.1) is 0 Å². The summed E-state index contributed by atoms with van der Waals surface area (Å²) in [5.41, 5.74) is 1.37. The lowest BCUT2D eigenvalue weighted by Crippen LogP contribution is -2.43. The van der Waals surface area contributed by atoms with Gasteiger partial charge in [-0.3, -0.25) is 9.88 Å². The molecular formula is C18H25N3S. The number of pyridine rings is 1. The molecule has 22 heavy (non-hydrogen) atoms. The van der Waals surface area contributed by atoms with Crippen molar-refractivity contribution in [2.45, 2.75) is 44.8 Å². The van der Waals surface area contributed by atoms with E-state index in [-0.39, 0.29) is 0 Å². The minimum Gasteiger partial charge on any atom is -0.307 e. The highest BCUT2D eigenvalue weighted by Crippen LogP contribution is 2.25. The van der Waals surface area contributed by atoms with E-state index in [9.17, 15) is 0 Å². The van der Waals surface area contributed by atoms with Crippen LogP contribution in [0.5, 0.6) is 0 Å². The molecule has 118 valence electrons. The van der Waals surface area contributed by atoms with Gasteiger partial charge in [-0.1, -0.05) is 6.07 Å². The van der Waals surface area contributed by atoms with E-state index in [2.05, 4.69) is 58.7 Å². The summed E-state index contributed by atoms with van der Waals surface area (Å²) in [6.07, 6.45) is 6.24. The maximum Gasteiger partial charge on any atom is 0.0388 e. The number of nitrogens with one attached hydrogen (secondary N) is 1. The lowest BCUT2D eigenvalue weighted by Gasteiger charge is -2.37. The van der Waals surface area contributed by atoms with Crippen LogP contribution in [0.3, 0.4) is 0 Å². The molecular weight excluding hydrogens is 290 g/mol. The number of piperidine rings is 1. The fraction of sp³-hybridized carbons (Fsp3) is 0.500. The molecule has 0 spiro atoms. The van der Waals surface area contributed by atoms with Gasteiger partial charge in [0.1, 0.15) is 0 Å². The second-order valence-electron chi connectivity index (χ2n) is 6.17. The highest BCUT2D eigenvalue weighted by atomic mass is 32.1. The Morgan fingerprint density at radius 1 is 1.18 bits per heavy atom. The predicted octanol–water partition coefficient (Wildman–Crippen LogP) is 4.02. The first-order chi connectivity index (χ1) is 10.7. The molecule has 1 aliphatic heterocycles. The van der Waals surface area contributed by atoms with Crippen LogP contribution in [-0.4, -0.2) is 29.0 Å². The molecule has 1 aliphatic rings. The normalized spacial score (nSPS) is 19.9. The molecule has 0 bridgehead atoms. The molecule has 0 saturated carbocycles. The van der Waals surface area contributed by atoms with Gasteiger partial charge in [-0.25, -0.2) is 0 Å². The smallest absolute Gasteiger partial charge is 0.0388 e. The minimum absolute atomic E-state index is 0.467. The zero-order chi connectivity index (χ0) is 15.4. The van der Waals surface area contributed by atoms with Crippen LogP contribution in [-0.2, 0) is 0 Å². The summed E-state index contributed by atoms with van der Waals surface area (Å²) in [5, 5.41) is 5.95. The van der Waals surface area contributed by atoms with Crippen LogP contribution in [0, 0.1) is 0 Å². The van der Waals surface area contributed by atoms with Crippen molar-refractivity contribution in [3.8, 4) is 0 Å². The van der Waals surface area contributed by atoms with Gasteiger partial charge in [-0.2, -0.15) is 0 Å². The number of likely N-dealkylation sites (tertiary alicyclic amines) is 1. The topological polar surface area (TPSA) is 28.2 Å².